The Hall–Kier alpha value is -2.80. The molecule has 1 fully saturated rings. The summed E-state index contributed by atoms with van der Waals surface area (Å²) in [5.74, 6) is 2.27. The van der Waals surface area contributed by atoms with Gasteiger partial charge in [0.05, 0.1) is 23.9 Å². The number of fused-ring (bicyclic) bond motifs is 1. The van der Waals surface area contributed by atoms with Crippen molar-refractivity contribution in [3.8, 4) is 5.75 Å². The molecule has 3 aromatic rings. The van der Waals surface area contributed by atoms with Crippen LogP contribution in [-0.4, -0.2) is 41.8 Å². The molecule has 0 unspecified atom stereocenters. The van der Waals surface area contributed by atoms with Gasteiger partial charge in [-0.3, -0.25) is 4.79 Å². The number of hydrogen-bond donors (Lipinski definition) is 1. The van der Waals surface area contributed by atoms with E-state index in [9.17, 15) is 4.79 Å². The molecule has 1 N–H and O–H groups in total. The van der Waals surface area contributed by atoms with E-state index in [1.165, 1.54) is 11.8 Å². The van der Waals surface area contributed by atoms with Crippen molar-refractivity contribution in [2.45, 2.75) is 17.7 Å². The fourth-order valence-electron chi connectivity index (χ4n) is 3.23. The number of amides is 1. The number of carbonyl (C=O) groups excluding carboxylic acids is 1. The molecule has 4 rings (SSSR count). The third kappa shape index (κ3) is 4.20. The van der Waals surface area contributed by atoms with Gasteiger partial charge in [-0.05, 0) is 43.2 Å². The number of hydrogen-bond acceptors (Lipinski definition) is 6. The SMILES string of the molecule is COc1cccc(SCC(=O)Nc2nc3ccccc3nc2N2CCCC2)c1. The van der Waals surface area contributed by atoms with Crippen molar-refractivity contribution in [1.29, 1.82) is 0 Å². The second kappa shape index (κ2) is 8.48. The number of thioether (sulfide) groups is 1. The highest BCUT2D eigenvalue weighted by atomic mass is 32.2. The summed E-state index contributed by atoms with van der Waals surface area (Å²) in [7, 11) is 1.63. The number of benzene rings is 2. The molecule has 0 bridgehead atoms. The summed E-state index contributed by atoms with van der Waals surface area (Å²) in [5.41, 5.74) is 1.62. The van der Waals surface area contributed by atoms with Crippen molar-refractivity contribution in [2.24, 2.45) is 0 Å². The molecule has 1 saturated heterocycles. The first-order valence-corrected chi connectivity index (χ1v) is 10.3. The summed E-state index contributed by atoms with van der Waals surface area (Å²) >= 11 is 1.47. The van der Waals surface area contributed by atoms with Gasteiger partial charge in [0.25, 0.3) is 0 Å². The van der Waals surface area contributed by atoms with Crippen molar-refractivity contribution < 1.29 is 9.53 Å². The second-order valence-corrected chi connectivity index (χ2v) is 7.64. The second-order valence-electron chi connectivity index (χ2n) is 6.59. The first-order chi connectivity index (χ1) is 13.7. The molecule has 7 heteroatoms. The number of nitrogens with zero attached hydrogens (tertiary/aromatic N) is 3. The van der Waals surface area contributed by atoms with Crippen LogP contribution in [0.25, 0.3) is 11.0 Å². The lowest BCUT2D eigenvalue weighted by Gasteiger charge is -2.20. The highest BCUT2D eigenvalue weighted by Gasteiger charge is 2.20. The lowest BCUT2D eigenvalue weighted by Crippen LogP contribution is -2.24. The smallest absolute Gasteiger partial charge is 0.235 e. The highest BCUT2D eigenvalue weighted by molar-refractivity contribution is 8.00. The molecule has 0 aliphatic carbocycles. The average molecular weight is 395 g/mol. The first kappa shape index (κ1) is 18.6. The van der Waals surface area contributed by atoms with Gasteiger partial charge < -0.3 is 15.0 Å². The topological polar surface area (TPSA) is 67.3 Å². The summed E-state index contributed by atoms with van der Waals surface area (Å²) in [6.07, 6.45) is 2.27. The van der Waals surface area contributed by atoms with E-state index >= 15 is 0 Å². The molecular formula is C21H22N4O2S. The Morgan fingerprint density at radius 3 is 2.61 bits per heavy atom. The minimum absolute atomic E-state index is 0.0992. The maximum atomic E-state index is 12.6. The summed E-state index contributed by atoms with van der Waals surface area (Å²) in [5, 5.41) is 2.97. The Labute approximate surface area is 168 Å². The summed E-state index contributed by atoms with van der Waals surface area (Å²) < 4.78 is 5.23. The third-order valence-corrected chi connectivity index (χ3v) is 5.62. The van der Waals surface area contributed by atoms with E-state index in [-0.39, 0.29) is 5.91 Å². The van der Waals surface area contributed by atoms with Gasteiger partial charge in [0.1, 0.15) is 5.75 Å². The number of carbonyl (C=O) groups is 1. The monoisotopic (exact) mass is 394 g/mol. The predicted molar refractivity (Wildman–Crippen MR) is 113 cm³/mol. The number of nitrogens with one attached hydrogen (secondary N) is 1. The zero-order chi connectivity index (χ0) is 19.3. The van der Waals surface area contributed by atoms with E-state index in [2.05, 4.69) is 15.2 Å². The van der Waals surface area contributed by atoms with E-state index in [0.29, 0.717) is 11.6 Å². The number of para-hydroxylation sites is 2. The van der Waals surface area contributed by atoms with Gasteiger partial charge in [-0.25, -0.2) is 9.97 Å². The van der Waals surface area contributed by atoms with Crippen LogP contribution in [-0.2, 0) is 4.79 Å². The highest BCUT2D eigenvalue weighted by Crippen LogP contribution is 2.28. The maximum Gasteiger partial charge on any atom is 0.235 e. The van der Waals surface area contributed by atoms with Crippen LogP contribution < -0.4 is 15.0 Å². The van der Waals surface area contributed by atoms with Crippen LogP contribution in [0.2, 0.25) is 0 Å². The van der Waals surface area contributed by atoms with Crippen LogP contribution in [0.4, 0.5) is 11.6 Å². The van der Waals surface area contributed by atoms with E-state index in [4.69, 9.17) is 9.72 Å². The molecule has 6 nitrogen and oxygen atoms in total. The van der Waals surface area contributed by atoms with Gasteiger partial charge in [-0.1, -0.05) is 18.2 Å². The van der Waals surface area contributed by atoms with E-state index < -0.39 is 0 Å². The van der Waals surface area contributed by atoms with Crippen molar-refractivity contribution in [1.82, 2.24) is 9.97 Å². The van der Waals surface area contributed by atoms with Crippen molar-refractivity contribution in [2.75, 3.05) is 36.2 Å². The van der Waals surface area contributed by atoms with Gasteiger partial charge in [0.2, 0.25) is 5.91 Å². The minimum atomic E-state index is -0.0992. The molecular weight excluding hydrogens is 372 g/mol. The molecule has 2 heterocycles. The predicted octanol–water partition coefficient (Wildman–Crippen LogP) is 3.97. The quantitative estimate of drug-likeness (QED) is 0.638. The molecule has 2 aromatic carbocycles. The lowest BCUT2D eigenvalue weighted by atomic mass is 10.3. The van der Waals surface area contributed by atoms with Crippen molar-refractivity contribution >= 4 is 40.3 Å². The summed E-state index contributed by atoms with van der Waals surface area (Å²) in [4.78, 5) is 25.2. The maximum absolute atomic E-state index is 12.6. The molecule has 0 atom stereocenters. The van der Waals surface area contributed by atoms with Gasteiger partial charge >= 0.3 is 0 Å². The molecule has 1 amide bonds. The van der Waals surface area contributed by atoms with E-state index in [1.54, 1.807) is 7.11 Å². The summed E-state index contributed by atoms with van der Waals surface area (Å²) in [6, 6.07) is 15.4. The number of aromatic nitrogens is 2. The van der Waals surface area contributed by atoms with Crippen molar-refractivity contribution in [3.05, 3.63) is 48.5 Å². The molecule has 1 aliphatic heterocycles. The first-order valence-electron chi connectivity index (χ1n) is 9.31. The zero-order valence-electron chi connectivity index (χ0n) is 15.7. The van der Waals surface area contributed by atoms with Gasteiger partial charge in [-0.15, -0.1) is 11.8 Å². The number of methoxy groups -OCH3 is 1. The summed E-state index contributed by atoms with van der Waals surface area (Å²) in [6.45, 7) is 1.88. The van der Waals surface area contributed by atoms with Crippen LogP contribution in [0.3, 0.4) is 0 Å². The Morgan fingerprint density at radius 2 is 1.86 bits per heavy atom. The Balaban J connectivity index is 1.52. The standard InChI is InChI=1S/C21H22N4O2S/c1-27-15-7-6-8-16(13-15)28-14-19(26)24-20-21(25-11-4-5-12-25)23-18-10-3-2-9-17(18)22-20/h2-3,6-10,13H,4-5,11-12,14H2,1H3,(H,22,24,26). The fraction of sp³-hybridized carbons (Fsp3) is 0.286. The van der Waals surface area contributed by atoms with Gasteiger partial charge in [0, 0.05) is 18.0 Å². The Morgan fingerprint density at radius 1 is 1.11 bits per heavy atom. The number of anilines is 2. The largest absolute Gasteiger partial charge is 0.497 e. The van der Waals surface area contributed by atoms with Crippen molar-refractivity contribution in [3.63, 3.8) is 0 Å². The van der Waals surface area contributed by atoms with Crippen LogP contribution in [0.15, 0.2) is 53.4 Å². The number of ether oxygens (including phenoxy) is 1. The van der Waals surface area contributed by atoms with Crippen LogP contribution >= 0.6 is 11.8 Å². The molecule has 0 radical (unpaired) electrons. The van der Waals surface area contributed by atoms with Crippen LogP contribution in [0.5, 0.6) is 5.75 Å². The molecule has 0 spiro atoms. The fourth-order valence-corrected chi connectivity index (χ4v) is 3.98. The average Bonchev–Trinajstić information content (AvgIpc) is 3.26. The van der Waals surface area contributed by atoms with Gasteiger partial charge in [-0.2, -0.15) is 0 Å². The van der Waals surface area contributed by atoms with Crippen LogP contribution in [0, 0.1) is 0 Å². The Kier molecular flexibility index (Phi) is 5.62. The van der Waals surface area contributed by atoms with E-state index in [1.807, 2.05) is 48.5 Å². The van der Waals surface area contributed by atoms with E-state index in [0.717, 1.165) is 53.4 Å². The van der Waals surface area contributed by atoms with Gasteiger partial charge in [0.15, 0.2) is 11.6 Å². The normalized spacial score (nSPS) is 13.7. The molecule has 1 aromatic heterocycles. The molecule has 28 heavy (non-hydrogen) atoms. The number of rotatable bonds is 6. The van der Waals surface area contributed by atoms with Crippen LogP contribution in [0.1, 0.15) is 12.8 Å². The molecule has 0 saturated carbocycles. The zero-order valence-corrected chi connectivity index (χ0v) is 16.5. The third-order valence-electron chi connectivity index (χ3n) is 4.63. The molecule has 144 valence electrons. The minimum Gasteiger partial charge on any atom is -0.497 e. The Bertz CT molecular complexity index is 989. The molecule has 1 aliphatic rings. The lowest BCUT2D eigenvalue weighted by molar-refractivity contribution is -0.113.